The molecular formula is C13H13BrN2O2. The van der Waals surface area contributed by atoms with Crippen LogP contribution in [0.15, 0.2) is 22.8 Å². The molecule has 4 nitrogen and oxygen atoms in total. The minimum atomic E-state index is 0.360. The molecule has 1 fully saturated rings. The SMILES string of the molecule is O=Cc1nc(C2CCOCC2)n2c(Br)cccc12. The zero-order valence-electron chi connectivity index (χ0n) is 9.80. The fourth-order valence-electron chi connectivity index (χ4n) is 2.46. The predicted molar refractivity (Wildman–Crippen MR) is 71.1 cm³/mol. The minimum Gasteiger partial charge on any atom is -0.381 e. The number of ether oxygens (including phenoxy) is 1. The van der Waals surface area contributed by atoms with Crippen molar-refractivity contribution in [2.45, 2.75) is 18.8 Å². The molecule has 1 aliphatic rings. The van der Waals surface area contributed by atoms with E-state index in [0.29, 0.717) is 11.6 Å². The van der Waals surface area contributed by atoms with Crippen LogP contribution in [-0.2, 0) is 4.74 Å². The Hall–Kier alpha value is -1.20. The van der Waals surface area contributed by atoms with Crippen molar-refractivity contribution in [2.24, 2.45) is 0 Å². The van der Waals surface area contributed by atoms with Gasteiger partial charge < -0.3 is 4.74 Å². The Morgan fingerprint density at radius 1 is 1.39 bits per heavy atom. The minimum absolute atomic E-state index is 0.360. The number of rotatable bonds is 2. The second-order valence-corrected chi connectivity index (χ2v) is 5.24. The van der Waals surface area contributed by atoms with Crippen LogP contribution in [0.25, 0.3) is 5.52 Å². The van der Waals surface area contributed by atoms with Crippen LogP contribution in [0.2, 0.25) is 0 Å². The molecule has 0 amide bonds. The van der Waals surface area contributed by atoms with E-state index < -0.39 is 0 Å². The van der Waals surface area contributed by atoms with Crippen molar-refractivity contribution in [1.29, 1.82) is 0 Å². The highest BCUT2D eigenvalue weighted by molar-refractivity contribution is 9.10. The first kappa shape index (κ1) is 11.9. The summed E-state index contributed by atoms with van der Waals surface area (Å²) < 4.78 is 8.34. The third kappa shape index (κ3) is 1.87. The normalized spacial score (nSPS) is 17.2. The molecule has 3 heterocycles. The van der Waals surface area contributed by atoms with Gasteiger partial charge in [-0.25, -0.2) is 4.98 Å². The van der Waals surface area contributed by atoms with Crippen molar-refractivity contribution in [2.75, 3.05) is 13.2 Å². The molecule has 1 saturated heterocycles. The molecule has 3 rings (SSSR count). The van der Waals surface area contributed by atoms with Crippen LogP contribution in [-0.4, -0.2) is 28.9 Å². The van der Waals surface area contributed by atoms with E-state index in [1.54, 1.807) is 0 Å². The Kier molecular flexibility index (Phi) is 3.18. The lowest BCUT2D eigenvalue weighted by Crippen LogP contribution is -2.16. The van der Waals surface area contributed by atoms with Crippen molar-refractivity contribution in [3.8, 4) is 0 Å². The number of fused-ring (bicyclic) bond motifs is 1. The van der Waals surface area contributed by atoms with E-state index in [1.807, 2.05) is 22.6 Å². The Labute approximate surface area is 113 Å². The van der Waals surface area contributed by atoms with Crippen LogP contribution in [0.1, 0.15) is 35.1 Å². The summed E-state index contributed by atoms with van der Waals surface area (Å²) in [6.45, 7) is 1.53. The molecule has 1 aliphatic heterocycles. The molecule has 0 bridgehead atoms. The largest absolute Gasteiger partial charge is 0.381 e. The third-order valence-electron chi connectivity index (χ3n) is 3.37. The van der Waals surface area contributed by atoms with Gasteiger partial charge in [-0.15, -0.1) is 0 Å². The van der Waals surface area contributed by atoms with Gasteiger partial charge in [-0.05, 0) is 40.9 Å². The van der Waals surface area contributed by atoms with Gasteiger partial charge >= 0.3 is 0 Å². The summed E-state index contributed by atoms with van der Waals surface area (Å²) in [6, 6.07) is 5.80. The van der Waals surface area contributed by atoms with E-state index in [1.165, 1.54) is 0 Å². The van der Waals surface area contributed by atoms with Gasteiger partial charge in [0.25, 0.3) is 0 Å². The predicted octanol–water partition coefficient (Wildman–Crippen LogP) is 2.80. The van der Waals surface area contributed by atoms with E-state index in [4.69, 9.17) is 4.74 Å². The van der Waals surface area contributed by atoms with Gasteiger partial charge in [-0.1, -0.05) is 6.07 Å². The van der Waals surface area contributed by atoms with Crippen molar-refractivity contribution >= 4 is 27.7 Å². The van der Waals surface area contributed by atoms with Crippen LogP contribution in [0.5, 0.6) is 0 Å². The summed E-state index contributed by atoms with van der Waals surface area (Å²) in [5, 5.41) is 0. The third-order valence-corrected chi connectivity index (χ3v) is 3.99. The molecule has 0 radical (unpaired) electrons. The van der Waals surface area contributed by atoms with Crippen molar-refractivity contribution in [1.82, 2.24) is 9.38 Å². The standard InChI is InChI=1S/C13H13BrN2O2/c14-12-3-1-2-11-10(8-17)15-13(16(11)12)9-4-6-18-7-5-9/h1-3,8-9H,4-7H2. The van der Waals surface area contributed by atoms with E-state index >= 15 is 0 Å². The first-order valence-electron chi connectivity index (χ1n) is 6.01. The smallest absolute Gasteiger partial charge is 0.170 e. The fraction of sp³-hybridized carbons (Fsp3) is 0.385. The zero-order valence-corrected chi connectivity index (χ0v) is 11.4. The summed E-state index contributed by atoms with van der Waals surface area (Å²) in [7, 11) is 0. The van der Waals surface area contributed by atoms with Gasteiger partial charge in [0.15, 0.2) is 6.29 Å². The molecule has 0 saturated carbocycles. The number of aromatic nitrogens is 2. The highest BCUT2D eigenvalue weighted by atomic mass is 79.9. The number of hydrogen-bond acceptors (Lipinski definition) is 3. The van der Waals surface area contributed by atoms with E-state index in [2.05, 4.69) is 20.9 Å². The molecule has 2 aromatic rings. The van der Waals surface area contributed by atoms with Gasteiger partial charge in [0.1, 0.15) is 11.5 Å². The second kappa shape index (κ2) is 4.82. The monoisotopic (exact) mass is 308 g/mol. The molecule has 18 heavy (non-hydrogen) atoms. The second-order valence-electron chi connectivity index (χ2n) is 4.43. The topological polar surface area (TPSA) is 43.6 Å². The van der Waals surface area contributed by atoms with Crippen LogP contribution in [0.4, 0.5) is 0 Å². The summed E-state index contributed by atoms with van der Waals surface area (Å²) >= 11 is 3.53. The number of nitrogens with zero attached hydrogens (tertiary/aromatic N) is 2. The van der Waals surface area contributed by atoms with Crippen LogP contribution >= 0.6 is 15.9 Å². The number of carbonyl (C=O) groups is 1. The zero-order chi connectivity index (χ0) is 12.5. The number of pyridine rings is 1. The van der Waals surface area contributed by atoms with Gasteiger partial charge in [-0.3, -0.25) is 9.20 Å². The highest BCUT2D eigenvalue weighted by Gasteiger charge is 2.23. The van der Waals surface area contributed by atoms with Gasteiger partial charge in [0.05, 0.1) is 10.1 Å². The molecular weight excluding hydrogens is 296 g/mol. The summed E-state index contributed by atoms with van der Waals surface area (Å²) in [4.78, 5) is 15.6. The first-order chi connectivity index (χ1) is 8.81. The first-order valence-corrected chi connectivity index (χ1v) is 6.80. The summed E-state index contributed by atoms with van der Waals surface area (Å²) in [5.41, 5.74) is 1.37. The lowest BCUT2D eigenvalue weighted by Gasteiger charge is -2.21. The van der Waals surface area contributed by atoms with Gasteiger partial charge in [0.2, 0.25) is 0 Å². The van der Waals surface area contributed by atoms with Crippen molar-refractivity contribution < 1.29 is 9.53 Å². The number of aldehydes is 1. The maximum absolute atomic E-state index is 11.1. The molecule has 2 aromatic heterocycles. The number of carbonyl (C=O) groups excluding carboxylic acids is 1. The fourth-order valence-corrected chi connectivity index (χ4v) is 2.99. The Bertz CT molecular complexity index is 588. The van der Waals surface area contributed by atoms with Crippen molar-refractivity contribution in [3.05, 3.63) is 34.3 Å². The van der Waals surface area contributed by atoms with E-state index in [0.717, 1.165) is 48.3 Å². The summed E-state index contributed by atoms with van der Waals surface area (Å²) in [5.74, 6) is 1.32. The number of halogens is 1. The average molecular weight is 309 g/mol. The number of imidazole rings is 1. The van der Waals surface area contributed by atoms with Gasteiger partial charge in [0, 0.05) is 19.1 Å². The lowest BCUT2D eigenvalue weighted by molar-refractivity contribution is 0.0834. The quantitative estimate of drug-likeness (QED) is 0.633. The maximum Gasteiger partial charge on any atom is 0.170 e. The molecule has 94 valence electrons. The average Bonchev–Trinajstić information content (AvgIpc) is 2.80. The van der Waals surface area contributed by atoms with Crippen LogP contribution < -0.4 is 0 Å². The number of hydrogen-bond donors (Lipinski definition) is 0. The molecule has 0 atom stereocenters. The highest BCUT2D eigenvalue weighted by Crippen LogP contribution is 2.30. The molecule has 0 spiro atoms. The molecule has 0 N–H and O–H groups in total. The van der Waals surface area contributed by atoms with Gasteiger partial charge in [-0.2, -0.15) is 0 Å². The van der Waals surface area contributed by atoms with Crippen LogP contribution in [0.3, 0.4) is 0 Å². The maximum atomic E-state index is 11.1. The Morgan fingerprint density at radius 2 is 2.17 bits per heavy atom. The Balaban J connectivity index is 2.18. The molecule has 0 aliphatic carbocycles. The molecule has 5 heteroatoms. The summed E-state index contributed by atoms with van der Waals surface area (Å²) in [6.07, 6.45) is 2.74. The Morgan fingerprint density at radius 3 is 2.89 bits per heavy atom. The van der Waals surface area contributed by atoms with E-state index in [9.17, 15) is 4.79 Å². The van der Waals surface area contributed by atoms with Crippen molar-refractivity contribution in [3.63, 3.8) is 0 Å². The molecule has 0 aromatic carbocycles. The lowest BCUT2D eigenvalue weighted by atomic mass is 10.00. The molecule has 0 unspecified atom stereocenters. The van der Waals surface area contributed by atoms with Crippen LogP contribution in [0, 0.1) is 0 Å². The van der Waals surface area contributed by atoms with E-state index in [-0.39, 0.29) is 0 Å².